The van der Waals surface area contributed by atoms with Gasteiger partial charge in [-0.05, 0) is 44.5 Å². The van der Waals surface area contributed by atoms with E-state index in [-0.39, 0.29) is 30.2 Å². The van der Waals surface area contributed by atoms with Gasteiger partial charge in [0.1, 0.15) is 17.7 Å². The van der Waals surface area contributed by atoms with E-state index in [0.717, 1.165) is 0 Å². The lowest BCUT2D eigenvalue weighted by Gasteiger charge is -2.15. The van der Waals surface area contributed by atoms with Crippen molar-refractivity contribution in [1.82, 2.24) is 14.5 Å². The van der Waals surface area contributed by atoms with Gasteiger partial charge in [-0.1, -0.05) is 17.7 Å². The minimum atomic E-state index is -0.926. The molecule has 1 atom stereocenters. The molecule has 0 saturated heterocycles. The Labute approximate surface area is 205 Å². The van der Waals surface area contributed by atoms with Crippen LogP contribution in [0, 0.1) is 12.7 Å². The van der Waals surface area contributed by atoms with Crippen LogP contribution in [0.15, 0.2) is 47.7 Å². The maximum atomic E-state index is 15.3. The molecule has 11 heteroatoms. The highest BCUT2D eigenvalue weighted by Gasteiger charge is 2.30. The predicted octanol–water partition coefficient (Wildman–Crippen LogP) is 4.71. The Balaban J connectivity index is 1.66. The molecule has 0 unspecified atom stereocenters. The van der Waals surface area contributed by atoms with Crippen LogP contribution in [-0.4, -0.2) is 45.8 Å². The number of imidazole rings is 1. The fraction of sp³-hybridized carbons (Fsp3) is 0.292. The molecule has 0 amide bonds. The zero-order valence-corrected chi connectivity index (χ0v) is 19.8. The lowest BCUT2D eigenvalue weighted by atomic mass is 10.0. The Morgan fingerprint density at radius 3 is 2.74 bits per heavy atom. The highest BCUT2D eigenvalue weighted by atomic mass is 35.5. The van der Waals surface area contributed by atoms with Crippen molar-refractivity contribution in [2.45, 2.75) is 32.7 Å². The number of aryl methyl sites for hydroxylation is 1. The third-order valence-corrected chi connectivity index (χ3v) is 5.46. The van der Waals surface area contributed by atoms with E-state index >= 15 is 4.39 Å². The molecule has 0 radical (unpaired) electrons. The normalized spacial score (nSPS) is 14.3. The number of nitrogens with zero attached hydrogens (tertiary/aromatic N) is 4. The second kappa shape index (κ2) is 10.6. The second-order valence-electron chi connectivity index (χ2n) is 7.59. The van der Waals surface area contributed by atoms with E-state index in [1.165, 1.54) is 6.07 Å². The van der Waals surface area contributed by atoms with Gasteiger partial charge in [-0.15, -0.1) is 0 Å². The average Bonchev–Trinajstić information content (AvgIpc) is 3.13. The van der Waals surface area contributed by atoms with Gasteiger partial charge in [0.15, 0.2) is 0 Å². The summed E-state index contributed by atoms with van der Waals surface area (Å²) in [5.41, 5.74) is 2.36. The minimum absolute atomic E-state index is 0.0542. The van der Waals surface area contributed by atoms with Crippen LogP contribution in [-0.2, 0) is 19.0 Å². The zero-order chi connectivity index (χ0) is 24.9. The fourth-order valence-corrected chi connectivity index (χ4v) is 3.97. The SMILES string of the molecule is CCOC(=O)OCOC(=O)CC[C@@H]1N=C(c2ccccn2)c2cc(Cl)cc(F)c2-n2c(C)cnc21. The predicted molar refractivity (Wildman–Crippen MR) is 124 cm³/mol. The number of benzene rings is 1. The highest BCUT2D eigenvalue weighted by molar-refractivity contribution is 6.31. The number of hydrogen-bond acceptors (Lipinski definition) is 8. The summed E-state index contributed by atoms with van der Waals surface area (Å²) in [6.07, 6.45) is 2.45. The van der Waals surface area contributed by atoms with Crippen LogP contribution in [0.4, 0.5) is 9.18 Å². The third kappa shape index (κ3) is 5.32. The van der Waals surface area contributed by atoms with Gasteiger partial charge >= 0.3 is 12.1 Å². The highest BCUT2D eigenvalue weighted by Crippen LogP contribution is 2.36. The first kappa shape index (κ1) is 24.3. The number of ether oxygens (including phenoxy) is 3. The van der Waals surface area contributed by atoms with Gasteiger partial charge in [0, 0.05) is 35.1 Å². The molecule has 0 N–H and O–H groups in total. The standard InChI is InChI=1S/C24H22ClFN4O5/c1-3-33-24(32)35-13-34-20(31)8-7-19-23-28-12-14(2)30(23)22-16(10-15(25)11-17(22)26)21(29-19)18-6-4-5-9-27-18/h4-6,9-12,19H,3,7-8,13H2,1-2H3/t19-/m0/s1. The van der Waals surface area contributed by atoms with E-state index in [1.807, 2.05) is 0 Å². The first-order chi connectivity index (χ1) is 16.9. The van der Waals surface area contributed by atoms with Crippen LogP contribution < -0.4 is 0 Å². The summed E-state index contributed by atoms with van der Waals surface area (Å²) in [4.78, 5) is 37.2. The summed E-state index contributed by atoms with van der Waals surface area (Å²) in [6.45, 7) is 3.01. The van der Waals surface area contributed by atoms with Crippen molar-refractivity contribution in [3.8, 4) is 5.69 Å². The van der Waals surface area contributed by atoms with Crippen LogP contribution in [0.5, 0.6) is 0 Å². The molecule has 35 heavy (non-hydrogen) atoms. The van der Waals surface area contributed by atoms with Crippen molar-refractivity contribution in [2.75, 3.05) is 13.4 Å². The number of halogens is 2. The monoisotopic (exact) mass is 500 g/mol. The minimum Gasteiger partial charge on any atom is -0.435 e. The third-order valence-electron chi connectivity index (χ3n) is 5.24. The maximum absolute atomic E-state index is 15.3. The van der Waals surface area contributed by atoms with Gasteiger partial charge in [-0.3, -0.25) is 19.3 Å². The summed E-state index contributed by atoms with van der Waals surface area (Å²) >= 11 is 6.21. The van der Waals surface area contributed by atoms with Crippen molar-refractivity contribution in [2.24, 2.45) is 4.99 Å². The van der Waals surface area contributed by atoms with E-state index < -0.39 is 30.8 Å². The van der Waals surface area contributed by atoms with E-state index in [2.05, 4.69) is 19.4 Å². The summed E-state index contributed by atoms with van der Waals surface area (Å²) in [5, 5.41) is 0.216. The number of aliphatic imine (C=N–C) groups is 1. The molecule has 1 aromatic carbocycles. The molecule has 0 aliphatic carbocycles. The molecule has 0 spiro atoms. The smallest absolute Gasteiger partial charge is 0.435 e. The maximum Gasteiger partial charge on any atom is 0.511 e. The van der Waals surface area contributed by atoms with E-state index in [0.29, 0.717) is 28.5 Å². The van der Waals surface area contributed by atoms with E-state index in [9.17, 15) is 9.59 Å². The molecule has 182 valence electrons. The molecule has 0 saturated carbocycles. The molecule has 3 heterocycles. The van der Waals surface area contributed by atoms with Crippen molar-refractivity contribution in [1.29, 1.82) is 0 Å². The van der Waals surface area contributed by atoms with Crippen molar-refractivity contribution < 1.29 is 28.2 Å². The van der Waals surface area contributed by atoms with Gasteiger partial charge in [-0.25, -0.2) is 14.2 Å². The second-order valence-corrected chi connectivity index (χ2v) is 8.02. The summed E-state index contributed by atoms with van der Waals surface area (Å²) in [6, 6.07) is 7.59. The molecular formula is C24H22ClFN4O5. The van der Waals surface area contributed by atoms with Gasteiger partial charge in [0.2, 0.25) is 6.79 Å². The number of rotatable bonds is 7. The fourth-order valence-electron chi connectivity index (χ4n) is 3.77. The molecule has 4 rings (SSSR count). The van der Waals surface area contributed by atoms with E-state index in [4.69, 9.17) is 21.3 Å². The number of esters is 1. The molecule has 0 bridgehead atoms. The number of carbonyl (C=O) groups is 2. The Hall–Kier alpha value is -3.79. The van der Waals surface area contributed by atoms with Gasteiger partial charge < -0.3 is 14.2 Å². The summed E-state index contributed by atoms with van der Waals surface area (Å²) in [7, 11) is 0. The first-order valence-electron chi connectivity index (χ1n) is 10.9. The average molecular weight is 501 g/mol. The summed E-state index contributed by atoms with van der Waals surface area (Å²) in [5.74, 6) is -0.671. The Morgan fingerprint density at radius 2 is 2.00 bits per heavy atom. The number of carbonyl (C=O) groups excluding carboxylic acids is 2. The van der Waals surface area contributed by atoms with Crippen LogP contribution >= 0.6 is 11.6 Å². The Bertz CT molecular complexity index is 1280. The lowest BCUT2D eigenvalue weighted by Crippen LogP contribution is -2.15. The Kier molecular flexibility index (Phi) is 7.40. The molecule has 1 aliphatic rings. The van der Waals surface area contributed by atoms with Crippen LogP contribution in [0.2, 0.25) is 5.02 Å². The zero-order valence-electron chi connectivity index (χ0n) is 19.0. The van der Waals surface area contributed by atoms with Crippen molar-refractivity contribution in [3.63, 3.8) is 0 Å². The lowest BCUT2D eigenvalue weighted by molar-refractivity contribution is -0.153. The van der Waals surface area contributed by atoms with Crippen LogP contribution in [0.1, 0.15) is 48.6 Å². The number of hydrogen-bond donors (Lipinski definition) is 0. The van der Waals surface area contributed by atoms with Gasteiger partial charge in [0.05, 0.1) is 23.7 Å². The molecule has 3 aromatic rings. The van der Waals surface area contributed by atoms with Crippen LogP contribution in [0.25, 0.3) is 5.69 Å². The first-order valence-corrected chi connectivity index (χ1v) is 11.2. The van der Waals surface area contributed by atoms with Gasteiger partial charge in [0.25, 0.3) is 0 Å². The summed E-state index contributed by atoms with van der Waals surface area (Å²) < 4.78 is 31.2. The van der Waals surface area contributed by atoms with E-state index in [1.54, 1.807) is 55.1 Å². The quantitative estimate of drug-likeness (QED) is 0.341. The molecular weight excluding hydrogens is 479 g/mol. The molecule has 2 aromatic heterocycles. The largest absolute Gasteiger partial charge is 0.511 e. The Morgan fingerprint density at radius 1 is 1.17 bits per heavy atom. The van der Waals surface area contributed by atoms with Crippen LogP contribution in [0.3, 0.4) is 0 Å². The molecule has 1 aliphatic heterocycles. The topological polar surface area (TPSA) is 105 Å². The number of fused-ring (bicyclic) bond motifs is 3. The number of pyridine rings is 1. The molecule has 9 nitrogen and oxygen atoms in total. The molecule has 0 fully saturated rings. The van der Waals surface area contributed by atoms with Gasteiger partial charge in [-0.2, -0.15) is 0 Å². The number of aromatic nitrogens is 3. The van der Waals surface area contributed by atoms with Crippen molar-refractivity contribution >= 4 is 29.4 Å². The van der Waals surface area contributed by atoms with Crippen molar-refractivity contribution in [3.05, 3.63) is 76.3 Å².